The van der Waals surface area contributed by atoms with Gasteiger partial charge in [-0.15, -0.1) is 0 Å². The number of hydrogen-bond acceptors (Lipinski definition) is 5. The molecule has 1 saturated carbocycles. The Kier molecular flexibility index (Phi) is 3.89. The average Bonchev–Trinajstić information content (AvgIpc) is 3.12. The van der Waals surface area contributed by atoms with Crippen molar-refractivity contribution >= 4 is 5.91 Å². The van der Waals surface area contributed by atoms with Crippen LogP contribution in [-0.2, 0) is 16.1 Å². The van der Waals surface area contributed by atoms with Crippen molar-refractivity contribution in [3.63, 3.8) is 0 Å². The molecule has 1 aromatic rings. The van der Waals surface area contributed by atoms with E-state index in [0.717, 1.165) is 62.4 Å². The van der Waals surface area contributed by atoms with Crippen LogP contribution in [0.15, 0.2) is 4.52 Å². The molecule has 0 unspecified atom stereocenters. The first-order valence-corrected chi connectivity index (χ1v) is 8.69. The summed E-state index contributed by atoms with van der Waals surface area (Å²) in [5.74, 6) is 1.10. The van der Waals surface area contributed by atoms with Crippen LogP contribution in [0.5, 0.6) is 0 Å². The van der Waals surface area contributed by atoms with E-state index in [0.29, 0.717) is 12.1 Å². The number of aromatic nitrogens is 1. The topological polar surface area (TPSA) is 67.6 Å². The Hall–Kier alpha value is -1.40. The Balaban J connectivity index is 1.50. The van der Waals surface area contributed by atoms with Crippen LogP contribution in [0.3, 0.4) is 0 Å². The van der Waals surface area contributed by atoms with E-state index in [1.54, 1.807) is 0 Å². The number of nitrogens with zero attached hydrogens (tertiary/aromatic N) is 2. The molecule has 126 valence electrons. The molecule has 0 radical (unpaired) electrons. The number of ether oxygens (including phenoxy) is 1. The first-order chi connectivity index (χ1) is 11.1. The van der Waals surface area contributed by atoms with Crippen molar-refractivity contribution in [2.75, 3.05) is 13.2 Å². The van der Waals surface area contributed by atoms with Crippen molar-refractivity contribution in [3.8, 4) is 0 Å². The fraction of sp³-hybridized carbons (Fsp3) is 0.765. The summed E-state index contributed by atoms with van der Waals surface area (Å²) in [5.41, 5.74) is 2.10. The number of amides is 1. The summed E-state index contributed by atoms with van der Waals surface area (Å²) in [4.78, 5) is 14.9. The molecular formula is C17H25N3O3. The zero-order chi connectivity index (χ0) is 16.0. The SMILES string of the molecule is Cc1noc(C)c1CN1C[C@@H](C(=O)NC2CC2)C[C@H]2OCC[C@H]21. The summed E-state index contributed by atoms with van der Waals surface area (Å²) in [6.07, 6.45) is 4.33. The summed E-state index contributed by atoms with van der Waals surface area (Å²) in [6, 6.07) is 0.828. The van der Waals surface area contributed by atoms with Crippen LogP contribution in [0.25, 0.3) is 0 Å². The standard InChI is InChI=1S/C17H25N3O3/c1-10-14(11(2)23-19-10)9-20-8-12(17(21)18-13-3-4-13)7-16-15(20)5-6-22-16/h12-13,15-16H,3-9H2,1-2H3,(H,18,21)/t12-,15+,16+/m0/s1. The molecule has 2 aliphatic heterocycles. The highest BCUT2D eigenvalue weighted by Gasteiger charge is 2.43. The second-order valence-corrected chi connectivity index (χ2v) is 7.21. The van der Waals surface area contributed by atoms with Gasteiger partial charge in [0.15, 0.2) is 0 Å². The third kappa shape index (κ3) is 3.02. The third-order valence-corrected chi connectivity index (χ3v) is 5.45. The minimum absolute atomic E-state index is 0.0235. The van der Waals surface area contributed by atoms with Crippen molar-refractivity contribution in [2.24, 2.45) is 5.92 Å². The lowest BCUT2D eigenvalue weighted by atomic mass is 9.89. The lowest BCUT2D eigenvalue weighted by molar-refractivity contribution is -0.129. The van der Waals surface area contributed by atoms with Gasteiger partial charge in [0.05, 0.1) is 17.7 Å². The Morgan fingerprint density at radius 1 is 1.35 bits per heavy atom. The van der Waals surface area contributed by atoms with Crippen LogP contribution in [0.1, 0.15) is 42.7 Å². The molecule has 3 atom stereocenters. The van der Waals surface area contributed by atoms with Crippen LogP contribution in [0, 0.1) is 19.8 Å². The lowest BCUT2D eigenvalue weighted by Gasteiger charge is -2.40. The van der Waals surface area contributed by atoms with E-state index in [1.807, 2.05) is 13.8 Å². The second kappa shape index (κ2) is 5.91. The molecule has 1 aliphatic carbocycles. The predicted molar refractivity (Wildman–Crippen MR) is 83.8 cm³/mol. The Morgan fingerprint density at radius 2 is 2.17 bits per heavy atom. The first kappa shape index (κ1) is 15.1. The highest BCUT2D eigenvalue weighted by Crippen LogP contribution is 2.33. The number of hydrogen-bond donors (Lipinski definition) is 1. The van der Waals surface area contributed by atoms with Gasteiger partial charge in [0, 0.05) is 37.3 Å². The fourth-order valence-corrected chi connectivity index (χ4v) is 3.90. The third-order valence-electron chi connectivity index (χ3n) is 5.45. The molecule has 1 N–H and O–H groups in total. The van der Waals surface area contributed by atoms with E-state index < -0.39 is 0 Å². The minimum Gasteiger partial charge on any atom is -0.377 e. The van der Waals surface area contributed by atoms with Crippen molar-refractivity contribution in [1.29, 1.82) is 0 Å². The maximum Gasteiger partial charge on any atom is 0.224 e. The summed E-state index contributed by atoms with van der Waals surface area (Å²) in [6.45, 7) is 6.32. The maximum absolute atomic E-state index is 12.5. The molecule has 23 heavy (non-hydrogen) atoms. The van der Waals surface area contributed by atoms with Crippen LogP contribution in [-0.4, -0.2) is 47.3 Å². The normalized spacial score (nSPS) is 31.1. The Labute approximate surface area is 136 Å². The van der Waals surface area contributed by atoms with Gasteiger partial charge in [-0.1, -0.05) is 5.16 Å². The number of fused-ring (bicyclic) bond motifs is 1. The van der Waals surface area contributed by atoms with Gasteiger partial charge < -0.3 is 14.6 Å². The summed E-state index contributed by atoms with van der Waals surface area (Å²) in [7, 11) is 0. The molecule has 0 spiro atoms. The van der Waals surface area contributed by atoms with E-state index in [4.69, 9.17) is 9.26 Å². The number of aryl methyl sites for hydroxylation is 2. The van der Waals surface area contributed by atoms with Gasteiger partial charge in [-0.3, -0.25) is 9.69 Å². The van der Waals surface area contributed by atoms with E-state index in [1.165, 1.54) is 0 Å². The zero-order valence-electron chi connectivity index (χ0n) is 13.9. The van der Waals surface area contributed by atoms with Gasteiger partial charge in [-0.05, 0) is 39.5 Å². The summed E-state index contributed by atoms with van der Waals surface area (Å²) >= 11 is 0. The van der Waals surface area contributed by atoms with Crippen LogP contribution in [0.2, 0.25) is 0 Å². The van der Waals surface area contributed by atoms with E-state index in [2.05, 4.69) is 15.4 Å². The number of carbonyl (C=O) groups is 1. The highest BCUT2D eigenvalue weighted by atomic mass is 16.5. The molecule has 2 saturated heterocycles. The molecule has 3 aliphatic rings. The molecule has 1 amide bonds. The number of nitrogens with one attached hydrogen (secondary N) is 1. The van der Waals surface area contributed by atoms with E-state index in [9.17, 15) is 4.79 Å². The largest absolute Gasteiger partial charge is 0.377 e. The van der Waals surface area contributed by atoms with Crippen LogP contribution >= 0.6 is 0 Å². The molecule has 1 aromatic heterocycles. The predicted octanol–water partition coefficient (Wildman–Crippen LogP) is 1.55. The summed E-state index contributed by atoms with van der Waals surface area (Å²) < 4.78 is 11.2. The molecular weight excluding hydrogens is 294 g/mol. The van der Waals surface area contributed by atoms with E-state index >= 15 is 0 Å². The van der Waals surface area contributed by atoms with Crippen molar-refractivity contribution < 1.29 is 14.1 Å². The fourth-order valence-electron chi connectivity index (χ4n) is 3.90. The molecule has 0 aromatic carbocycles. The number of piperidine rings is 1. The van der Waals surface area contributed by atoms with Gasteiger partial charge in [0.25, 0.3) is 0 Å². The maximum atomic E-state index is 12.5. The second-order valence-electron chi connectivity index (χ2n) is 7.21. The number of rotatable bonds is 4. The Morgan fingerprint density at radius 3 is 2.87 bits per heavy atom. The number of likely N-dealkylation sites (tertiary alicyclic amines) is 1. The van der Waals surface area contributed by atoms with Gasteiger partial charge in [-0.25, -0.2) is 0 Å². The number of carbonyl (C=O) groups excluding carboxylic acids is 1. The van der Waals surface area contributed by atoms with Crippen molar-refractivity contribution in [1.82, 2.24) is 15.4 Å². The smallest absolute Gasteiger partial charge is 0.224 e. The Bertz CT molecular complexity index is 576. The van der Waals surface area contributed by atoms with E-state index in [-0.39, 0.29) is 17.9 Å². The molecule has 6 heteroatoms. The molecule has 4 rings (SSSR count). The summed E-state index contributed by atoms with van der Waals surface area (Å²) in [5, 5.41) is 7.21. The molecule has 0 bridgehead atoms. The van der Waals surface area contributed by atoms with Gasteiger partial charge in [0.1, 0.15) is 5.76 Å². The molecule has 3 heterocycles. The first-order valence-electron chi connectivity index (χ1n) is 8.69. The van der Waals surface area contributed by atoms with Crippen LogP contribution < -0.4 is 5.32 Å². The monoisotopic (exact) mass is 319 g/mol. The van der Waals surface area contributed by atoms with Gasteiger partial charge in [-0.2, -0.15) is 0 Å². The van der Waals surface area contributed by atoms with Crippen LogP contribution in [0.4, 0.5) is 0 Å². The molecule has 3 fully saturated rings. The average molecular weight is 319 g/mol. The molecule has 6 nitrogen and oxygen atoms in total. The zero-order valence-corrected chi connectivity index (χ0v) is 13.9. The van der Waals surface area contributed by atoms with Crippen molar-refractivity contribution in [2.45, 2.75) is 64.3 Å². The van der Waals surface area contributed by atoms with Gasteiger partial charge >= 0.3 is 0 Å². The quantitative estimate of drug-likeness (QED) is 0.912. The highest BCUT2D eigenvalue weighted by molar-refractivity contribution is 5.79. The van der Waals surface area contributed by atoms with Gasteiger partial charge in [0.2, 0.25) is 5.91 Å². The lowest BCUT2D eigenvalue weighted by Crippen LogP contribution is -2.52. The minimum atomic E-state index is 0.0235. The van der Waals surface area contributed by atoms with Crippen molar-refractivity contribution in [3.05, 3.63) is 17.0 Å².